The lowest BCUT2D eigenvalue weighted by Gasteiger charge is -2.25. The van der Waals surface area contributed by atoms with Crippen LogP contribution in [-0.4, -0.2) is 27.3 Å². The molecule has 13 heavy (non-hydrogen) atoms. The summed E-state index contributed by atoms with van der Waals surface area (Å²) in [5.41, 5.74) is 0. The first-order valence-corrected chi connectivity index (χ1v) is 6.82. The smallest absolute Gasteiger partial charge is 0.0854 e. The molecular weight excluding hydrogens is 214 g/mol. The van der Waals surface area contributed by atoms with Gasteiger partial charge >= 0.3 is 0 Å². The molecular formula is C6H14NO4S2-. The third-order valence-electron chi connectivity index (χ3n) is 1.40. The molecule has 0 atom stereocenters. The van der Waals surface area contributed by atoms with E-state index in [0.717, 1.165) is 0 Å². The largest absolute Gasteiger partial charge is 0.436 e. The Morgan fingerprint density at radius 2 is 1.00 bits per heavy atom. The fourth-order valence-electron chi connectivity index (χ4n) is 0.317. The van der Waals surface area contributed by atoms with Crippen LogP contribution in [0.15, 0.2) is 0 Å². The Hall–Kier alpha value is -0.140. The molecule has 0 rings (SSSR count). The summed E-state index contributed by atoms with van der Waals surface area (Å²) in [5.74, 6) is 0. The van der Waals surface area contributed by atoms with E-state index in [0.29, 0.717) is 0 Å². The van der Waals surface area contributed by atoms with Crippen molar-refractivity contribution in [2.45, 2.75) is 38.2 Å². The molecule has 0 spiro atoms. The maximum atomic E-state index is 11.1. The van der Waals surface area contributed by atoms with Crippen molar-refractivity contribution in [3.05, 3.63) is 4.13 Å². The van der Waals surface area contributed by atoms with Gasteiger partial charge in [-0.05, 0) is 0 Å². The lowest BCUT2D eigenvalue weighted by atomic mass is 10.6. The fourth-order valence-corrected chi connectivity index (χ4v) is 2.85. The minimum Gasteiger partial charge on any atom is -0.436 e. The number of rotatable bonds is 4. The summed E-state index contributed by atoms with van der Waals surface area (Å²) in [6, 6.07) is 0. The summed E-state index contributed by atoms with van der Waals surface area (Å²) in [4.78, 5) is 0. The lowest BCUT2D eigenvalue weighted by molar-refractivity contribution is 0.586. The SMILES string of the molecule is CC(C)S(=O)(=O)[N-]S(=O)(=O)C(C)C. The second kappa shape index (κ2) is 3.93. The Morgan fingerprint density at radius 3 is 1.15 bits per heavy atom. The predicted octanol–water partition coefficient (Wildman–Crippen LogP) is 0.837. The molecule has 0 N–H and O–H groups in total. The van der Waals surface area contributed by atoms with Gasteiger partial charge in [0.25, 0.3) is 0 Å². The van der Waals surface area contributed by atoms with Crippen LogP contribution in [-0.2, 0) is 20.0 Å². The van der Waals surface area contributed by atoms with Gasteiger partial charge in [-0.1, -0.05) is 27.7 Å². The molecule has 7 heteroatoms. The van der Waals surface area contributed by atoms with Crippen LogP contribution in [0.5, 0.6) is 0 Å². The molecule has 0 aliphatic heterocycles. The van der Waals surface area contributed by atoms with E-state index in [2.05, 4.69) is 4.13 Å². The van der Waals surface area contributed by atoms with Crippen LogP contribution < -0.4 is 0 Å². The van der Waals surface area contributed by atoms with Gasteiger partial charge in [-0.25, -0.2) is 16.8 Å². The quantitative estimate of drug-likeness (QED) is 0.713. The molecule has 0 heterocycles. The van der Waals surface area contributed by atoms with Crippen LogP contribution in [0.2, 0.25) is 0 Å². The van der Waals surface area contributed by atoms with Gasteiger partial charge in [0.1, 0.15) is 0 Å². The molecule has 0 saturated heterocycles. The number of hydrogen-bond acceptors (Lipinski definition) is 4. The number of hydrogen-bond donors (Lipinski definition) is 0. The third kappa shape index (κ3) is 3.61. The van der Waals surface area contributed by atoms with Crippen molar-refractivity contribution < 1.29 is 16.8 Å². The van der Waals surface area contributed by atoms with Crippen LogP contribution in [0.25, 0.3) is 4.13 Å². The monoisotopic (exact) mass is 228 g/mol. The highest BCUT2D eigenvalue weighted by Gasteiger charge is 2.14. The topological polar surface area (TPSA) is 82.4 Å². The van der Waals surface area contributed by atoms with Crippen molar-refractivity contribution in [2.24, 2.45) is 0 Å². The van der Waals surface area contributed by atoms with Crippen molar-refractivity contribution in [3.63, 3.8) is 0 Å². The molecule has 0 aromatic carbocycles. The molecule has 0 bridgehead atoms. The van der Waals surface area contributed by atoms with Crippen LogP contribution in [0, 0.1) is 0 Å². The number of sulfonamides is 2. The van der Waals surface area contributed by atoms with E-state index in [9.17, 15) is 16.8 Å². The van der Waals surface area contributed by atoms with Gasteiger partial charge in [-0.2, -0.15) is 0 Å². The molecule has 0 aliphatic rings. The highest BCUT2D eigenvalue weighted by atomic mass is 32.3. The summed E-state index contributed by atoms with van der Waals surface area (Å²) >= 11 is 0. The molecule has 0 saturated carbocycles. The highest BCUT2D eigenvalue weighted by Crippen LogP contribution is 2.18. The summed E-state index contributed by atoms with van der Waals surface area (Å²) in [7, 11) is -7.73. The average molecular weight is 228 g/mol. The van der Waals surface area contributed by atoms with E-state index in [1.165, 1.54) is 27.7 Å². The van der Waals surface area contributed by atoms with Gasteiger partial charge in [0, 0.05) is 10.5 Å². The van der Waals surface area contributed by atoms with Gasteiger partial charge in [0.15, 0.2) is 0 Å². The van der Waals surface area contributed by atoms with E-state index >= 15 is 0 Å². The van der Waals surface area contributed by atoms with Crippen molar-refractivity contribution in [1.29, 1.82) is 0 Å². The zero-order chi connectivity index (χ0) is 10.9. The Morgan fingerprint density at radius 1 is 0.769 bits per heavy atom. The van der Waals surface area contributed by atoms with Gasteiger partial charge in [-0.15, -0.1) is 0 Å². The van der Waals surface area contributed by atoms with Crippen LogP contribution in [0.1, 0.15) is 27.7 Å². The molecule has 0 radical (unpaired) electrons. The molecule has 0 amide bonds. The molecule has 0 aliphatic carbocycles. The van der Waals surface area contributed by atoms with E-state index in [1.54, 1.807) is 0 Å². The van der Waals surface area contributed by atoms with Crippen LogP contribution in [0.3, 0.4) is 0 Å². The summed E-state index contributed by atoms with van der Waals surface area (Å²) in [6.07, 6.45) is 0. The van der Waals surface area contributed by atoms with E-state index in [1.807, 2.05) is 0 Å². The van der Waals surface area contributed by atoms with Crippen molar-refractivity contribution in [1.82, 2.24) is 0 Å². The first-order valence-electron chi connectivity index (χ1n) is 3.81. The van der Waals surface area contributed by atoms with Crippen LogP contribution >= 0.6 is 0 Å². The second-order valence-corrected chi connectivity index (χ2v) is 7.74. The van der Waals surface area contributed by atoms with Gasteiger partial charge in [0.05, 0.1) is 20.0 Å². The highest BCUT2D eigenvalue weighted by molar-refractivity contribution is 8.12. The summed E-state index contributed by atoms with van der Waals surface area (Å²) in [5, 5.41) is -1.61. The standard InChI is InChI=1S/C6H14NO4S2/c1-5(2)12(8,9)7-13(10,11)6(3)4/h5-6H,1-4H3/q-1. The first-order chi connectivity index (χ1) is 5.59. The maximum Gasteiger partial charge on any atom is 0.0854 e. The molecule has 0 unspecified atom stereocenters. The van der Waals surface area contributed by atoms with Gasteiger partial charge < -0.3 is 4.13 Å². The minimum absolute atomic E-state index is 0.805. The Bertz CT molecular complexity index is 316. The molecule has 0 aromatic rings. The van der Waals surface area contributed by atoms with Crippen molar-refractivity contribution >= 4 is 20.0 Å². The Kier molecular flexibility index (Phi) is 3.89. The average Bonchev–Trinajstić information content (AvgIpc) is 1.83. The Labute approximate surface area is 79.6 Å². The minimum atomic E-state index is -3.86. The molecule has 0 fully saturated rings. The van der Waals surface area contributed by atoms with Crippen molar-refractivity contribution in [2.75, 3.05) is 0 Å². The summed E-state index contributed by atoms with van der Waals surface area (Å²) < 4.78 is 47.3. The van der Waals surface area contributed by atoms with E-state index in [-0.39, 0.29) is 0 Å². The van der Waals surface area contributed by atoms with Crippen molar-refractivity contribution in [3.8, 4) is 0 Å². The predicted molar refractivity (Wildman–Crippen MR) is 51.5 cm³/mol. The third-order valence-corrected chi connectivity index (χ3v) is 5.44. The zero-order valence-corrected chi connectivity index (χ0v) is 9.68. The molecule has 80 valence electrons. The zero-order valence-electron chi connectivity index (χ0n) is 8.05. The first kappa shape index (κ1) is 12.9. The van der Waals surface area contributed by atoms with E-state index < -0.39 is 30.5 Å². The molecule has 0 aromatic heterocycles. The van der Waals surface area contributed by atoms with Crippen LogP contribution in [0.4, 0.5) is 0 Å². The normalized spacial score (nSPS) is 14.0. The van der Waals surface area contributed by atoms with Gasteiger partial charge in [0.2, 0.25) is 0 Å². The molecule has 5 nitrogen and oxygen atoms in total. The second-order valence-electron chi connectivity index (χ2n) is 3.20. The lowest BCUT2D eigenvalue weighted by Crippen LogP contribution is -2.21. The maximum absolute atomic E-state index is 11.1. The number of nitrogens with zero attached hydrogens (tertiary/aromatic N) is 1. The fraction of sp³-hybridized carbons (Fsp3) is 1.00. The Balaban J connectivity index is 4.86. The van der Waals surface area contributed by atoms with E-state index in [4.69, 9.17) is 0 Å². The van der Waals surface area contributed by atoms with Gasteiger partial charge in [-0.3, -0.25) is 0 Å². The summed E-state index contributed by atoms with van der Waals surface area (Å²) in [6.45, 7) is 5.53.